The normalized spacial score (nSPS) is 13.2. The van der Waals surface area contributed by atoms with Crippen LogP contribution in [0.3, 0.4) is 0 Å². The third-order valence-corrected chi connectivity index (χ3v) is 19.6. The van der Waals surface area contributed by atoms with Gasteiger partial charge in [-0.15, -0.1) is 0 Å². The van der Waals surface area contributed by atoms with Gasteiger partial charge in [-0.1, -0.05) is 374 Å². The number of Topliss-reactive ketones (excluding diaryl/α,β-unsaturated/α-hetero) is 1. The van der Waals surface area contributed by atoms with E-state index in [0.29, 0.717) is 94.8 Å². The van der Waals surface area contributed by atoms with Crippen molar-refractivity contribution in [3.05, 3.63) is 213 Å². The second-order valence-corrected chi connectivity index (χ2v) is 40.6. The van der Waals surface area contributed by atoms with Crippen molar-refractivity contribution in [1.29, 1.82) is 0 Å². The molecule has 0 aliphatic heterocycles. The fraction of sp³-hybridized carbons (Fsp3) is 0.664. The number of amides is 1. The second-order valence-electron chi connectivity index (χ2n) is 40.6. The van der Waals surface area contributed by atoms with Gasteiger partial charge in [-0.25, -0.2) is 0 Å². The topological polar surface area (TPSA) is 43.9 Å². The van der Waals surface area contributed by atoms with Gasteiger partial charge in [0.25, 0.3) is 5.91 Å². The zero-order valence-corrected chi connectivity index (χ0v) is 87.2. The van der Waals surface area contributed by atoms with Crippen molar-refractivity contribution in [1.82, 2.24) is 14.7 Å². The Hall–Kier alpha value is -5.78. The lowest BCUT2D eigenvalue weighted by molar-refractivity contribution is -0.129. The van der Waals surface area contributed by atoms with E-state index >= 15 is 0 Å². The minimum absolute atomic E-state index is 0.119. The van der Waals surface area contributed by atoms with E-state index in [1.54, 1.807) is 0 Å². The van der Waals surface area contributed by atoms with Gasteiger partial charge >= 0.3 is 0 Å². The van der Waals surface area contributed by atoms with E-state index in [1.807, 2.05) is 69.1 Å². The van der Waals surface area contributed by atoms with Crippen LogP contribution in [0.15, 0.2) is 213 Å². The fourth-order valence-electron chi connectivity index (χ4n) is 12.6. The molecule has 0 aromatic heterocycles. The number of allylic oxidation sites excluding steroid dienone is 31. The highest BCUT2D eigenvalue weighted by atomic mass is 16.2. The lowest BCUT2D eigenvalue weighted by atomic mass is 9.80. The van der Waals surface area contributed by atoms with Crippen LogP contribution in [0.4, 0.5) is 0 Å². The van der Waals surface area contributed by atoms with Crippen LogP contribution in [-0.4, -0.2) is 70.7 Å². The highest BCUT2D eigenvalue weighted by molar-refractivity contribution is 6.00. The predicted octanol–water partition coefficient (Wildman–Crippen LogP) is 34.4. The Morgan fingerprint density at radius 1 is 0.288 bits per heavy atom. The molecule has 0 aliphatic carbocycles. The molecule has 0 saturated carbocycles. The average Bonchev–Trinajstić information content (AvgIpc) is 0.868. The van der Waals surface area contributed by atoms with Crippen molar-refractivity contribution in [2.45, 2.75) is 369 Å². The molecule has 680 valence electrons. The Kier molecular flexibility index (Phi) is 74.8. The van der Waals surface area contributed by atoms with Crippen LogP contribution in [0.1, 0.15) is 351 Å². The smallest absolute Gasteiger partial charge is 0.254 e. The van der Waals surface area contributed by atoms with Crippen molar-refractivity contribution in [3.8, 4) is 0 Å². The molecule has 0 N–H and O–H groups in total. The molecule has 0 aromatic rings. The highest BCUT2D eigenvalue weighted by Gasteiger charge is 2.26. The molecule has 5 nitrogen and oxygen atoms in total. The van der Waals surface area contributed by atoms with Crippen molar-refractivity contribution in [2.75, 3.05) is 26.2 Å². The van der Waals surface area contributed by atoms with Gasteiger partial charge in [0.05, 0.1) is 0 Å². The van der Waals surface area contributed by atoms with Crippen LogP contribution in [0, 0.1) is 101 Å². The summed E-state index contributed by atoms with van der Waals surface area (Å²) in [6.07, 6.45) is 56.4. The molecule has 5 heteroatoms. The molecule has 3 unspecified atom stereocenters. The monoisotopic (exact) mass is 1630 g/mol. The summed E-state index contributed by atoms with van der Waals surface area (Å²) in [7, 11) is 0. The van der Waals surface area contributed by atoms with E-state index in [1.165, 1.54) is 64.0 Å². The molecule has 0 radical (unpaired) electrons. The molecule has 0 bridgehead atoms. The van der Waals surface area contributed by atoms with Crippen LogP contribution in [0.2, 0.25) is 0 Å². The summed E-state index contributed by atoms with van der Waals surface area (Å²) >= 11 is 0. The van der Waals surface area contributed by atoms with Gasteiger partial charge in [-0.05, 0) is 267 Å². The molecule has 0 saturated heterocycles. The Morgan fingerprint density at radius 3 is 0.890 bits per heavy atom. The van der Waals surface area contributed by atoms with Crippen LogP contribution in [-0.2, 0) is 9.59 Å². The summed E-state index contributed by atoms with van der Waals surface area (Å²) in [4.78, 5) is 32.7. The van der Waals surface area contributed by atoms with Crippen molar-refractivity contribution >= 4 is 11.7 Å². The number of rotatable bonds is 44. The van der Waals surface area contributed by atoms with E-state index in [-0.39, 0.29) is 17.9 Å². The maximum atomic E-state index is 12.9. The Labute approximate surface area is 740 Å². The molecule has 0 aliphatic rings. The number of carbonyl (C=O) groups excluding carboxylic acids is 2. The Bertz CT molecular complexity index is 3060. The standard InChI is InChI=1S/C20H34O.C19H33NO.C19H35N.C19H34.C18H33N.C18H32/c1-14(2)11-9-10-12-18(16(5)6)20(21)19(17(7)8)13-15(3)4;1-14(2)11-9-10-12-18(16(5)6)19(21)20(17(7)8)13-15(3)4;1-15(2)11-9-10-12-19(17(5)6)14-20(18(7)8)13-16(3)4;2*1-14(2)11-9-10-12-18(16(5)6)19(17(7)8)13-15(3)4;1-8-17(15(4)5)13-18(16(6)7)12-10-9-11-14(2)3/h9-12,14-15,17,19H,13H2,1-8H3;9-12,14-15,17H,13H2,1-8H3;9-12,15-16,18H,13-14H2,1-8H3;9-12,14-15,17,19H,13H2,1-8H3;9-12,14-15,17H,13H2,1-8H3;9-12,14-15,17H,8,13H2,1-7H3/b6*11-9-,12-10-. The lowest BCUT2D eigenvalue weighted by Crippen LogP contribution is -2.40. The highest BCUT2D eigenvalue weighted by Crippen LogP contribution is 2.32. The zero-order valence-electron chi connectivity index (χ0n) is 87.2. The lowest BCUT2D eigenvalue weighted by Gasteiger charge is -2.32. The summed E-state index contributed by atoms with van der Waals surface area (Å²) in [5.74, 6) is 10.6. The minimum Gasteiger partial charge on any atom is -0.369 e. The van der Waals surface area contributed by atoms with Crippen LogP contribution in [0.5, 0.6) is 0 Å². The van der Waals surface area contributed by atoms with Crippen LogP contribution >= 0.6 is 0 Å². The second kappa shape index (κ2) is 71.8. The maximum absolute atomic E-state index is 12.9. The summed E-state index contributed by atoms with van der Waals surface area (Å²) in [5, 5.41) is 0. The average molecular weight is 1630 g/mol. The van der Waals surface area contributed by atoms with E-state index in [2.05, 4.69) is 417 Å². The molecule has 3 atom stereocenters. The Balaban J connectivity index is -0.000000319. The van der Waals surface area contributed by atoms with E-state index < -0.39 is 0 Å². The summed E-state index contributed by atoms with van der Waals surface area (Å²) in [6.45, 7) is 108. The van der Waals surface area contributed by atoms with Crippen LogP contribution < -0.4 is 0 Å². The zero-order chi connectivity index (χ0) is 93.0. The minimum atomic E-state index is 0.119. The number of ketones is 1. The molecule has 0 aromatic carbocycles. The van der Waals surface area contributed by atoms with Crippen molar-refractivity contribution in [2.24, 2.45) is 101 Å². The largest absolute Gasteiger partial charge is 0.369 e. The first-order chi connectivity index (χ1) is 54.4. The number of hydrogen-bond donors (Lipinski definition) is 0. The first kappa shape index (κ1) is 123. The first-order valence-corrected chi connectivity index (χ1v) is 46.9. The van der Waals surface area contributed by atoms with Gasteiger partial charge in [0, 0.05) is 67.1 Å². The molecule has 0 heterocycles. The van der Waals surface area contributed by atoms with Gasteiger partial charge in [-0.3, -0.25) is 14.5 Å². The molecule has 0 spiro atoms. The third kappa shape index (κ3) is 68.8. The quantitative estimate of drug-likeness (QED) is 0.0450. The Morgan fingerprint density at radius 2 is 0.610 bits per heavy atom. The summed E-state index contributed by atoms with van der Waals surface area (Å²) in [5.41, 5.74) is 15.4. The van der Waals surface area contributed by atoms with Crippen molar-refractivity contribution < 1.29 is 9.59 Å². The first-order valence-electron chi connectivity index (χ1n) is 46.9. The number of hydrogen-bond acceptors (Lipinski definition) is 4. The van der Waals surface area contributed by atoms with Crippen LogP contribution in [0.25, 0.3) is 0 Å². The number of carbonyl (C=O) groups is 2. The summed E-state index contributed by atoms with van der Waals surface area (Å²) < 4.78 is 0. The van der Waals surface area contributed by atoms with Gasteiger partial charge in [0.2, 0.25) is 0 Å². The molecule has 1 amide bonds. The summed E-state index contributed by atoms with van der Waals surface area (Å²) in [6, 6.07) is 1.34. The van der Waals surface area contributed by atoms with Gasteiger partial charge in [0.15, 0.2) is 5.78 Å². The van der Waals surface area contributed by atoms with E-state index in [9.17, 15) is 9.59 Å². The third-order valence-electron chi connectivity index (χ3n) is 19.6. The molecule has 0 rings (SSSR count). The van der Waals surface area contributed by atoms with Gasteiger partial charge in [0.1, 0.15) is 0 Å². The predicted molar refractivity (Wildman–Crippen MR) is 543 cm³/mol. The SMILES string of the molecule is CC(C)=C(/C=C\C=C/C(C)C)C(=O)C(CC(C)C)C(C)C.CC(C)=C(/C=C\C=C/C(C)C)C(=O)N(CC(C)C)C(C)C.CC(C)=C(/C=C\C=C/C(C)C)C(CC(C)C)C(C)C.CC(C)=C(/C=C\C=C/C(C)C)CN(CC(C)C)C(C)C.CC(C)=C(/C=C\C=C/C(C)C)N(CC(C)C)C(C)C.CCC(CC(/C=C\C=C/C(C)C)=C(C)C)C(C)C. The fourth-order valence-corrected chi connectivity index (χ4v) is 12.6. The van der Waals surface area contributed by atoms with E-state index in [0.717, 1.165) is 72.6 Å². The molecular formula is C113H201N3O2. The van der Waals surface area contributed by atoms with E-state index in [4.69, 9.17) is 0 Å². The number of nitrogens with zero attached hydrogens (tertiary/aromatic N) is 3. The van der Waals surface area contributed by atoms with Gasteiger partial charge < -0.3 is 9.80 Å². The molecule has 0 fully saturated rings. The van der Waals surface area contributed by atoms with Gasteiger partial charge in [-0.2, -0.15) is 0 Å². The molecule has 118 heavy (non-hydrogen) atoms. The molecular weight excluding hydrogens is 1430 g/mol. The maximum Gasteiger partial charge on any atom is 0.254 e. The van der Waals surface area contributed by atoms with Crippen molar-refractivity contribution in [3.63, 3.8) is 0 Å².